The summed E-state index contributed by atoms with van der Waals surface area (Å²) in [5.41, 5.74) is 0.606. The van der Waals surface area contributed by atoms with E-state index in [2.05, 4.69) is 28.2 Å². The maximum Gasteiger partial charge on any atom is 0.166 e. The van der Waals surface area contributed by atoms with Crippen LogP contribution < -0.4 is 5.32 Å². The van der Waals surface area contributed by atoms with Crippen molar-refractivity contribution in [1.29, 1.82) is 0 Å². The average molecular weight is 344 g/mol. The van der Waals surface area contributed by atoms with Gasteiger partial charge < -0.3 is 10.4 Å². The number of phenolic OH excluding ortho intramolecular Hbond substituents is 1. The number of phenols is 1. The molecule has 1 fully saturated rings. The van der Waals surface area contributed by atoms with Crippen LogP contribution in [-0.4, -0.2) is 11.7 Å². The van der Waals surface area contributed by atoms with Gasteiger partial charge in [-0.05, 0) is 36.9 Å². The topological polar surface area (TPSA) is 32.3 Å². The van der Waals surface area contributed by atoms with Crippen molar-refractivity contribution in [3.05, 3.63) is 28.0 Å². The molecule has 0 aliphatic heterocycles. The van der Waals surface area contributed by atoms with E-state index in [1.165, 1.54) is 38.2 Å². The van der Waals surface area contributed by atoms with Crippen molar-refractivity contribution in [2.45, 2.75) is 45.6 Å². The summed E-state index contributed by atoms with van der Waals surface area (Å²) in [6.45, 7) is 3.76. The molecule has 1 aliphatic carbocycles. The van der Waals surface area contributed by atoms with Crippen molar-refractivity contribution in [3.8, 4) is 5.75 Å². The molecular weight excluding hydrogens is 321 g/mol. The van der Waals surface area contributed by atoms with Gasteiger partial charge in [-0.2, -0.15) is 0 Å². The van der Waals surface area contributed by atoms with Crippen molar-refractivity contribution >= 4 is 15.9 Å². The van der Waals surface area contributed by atoms with Crippen LogP contribution >= 0.6 is 15.9 Å². The highest BCUT2D eigenvalue weighted by atomic mass is 79.9. The normalized spacial score (nSPS) is 22.9. The van der Waals surface area contributed by atoms with E-state index in [1.807, 2.05) is 0 Å². The fourth-order valence-corrected chi connectivity index (χ4v) is 3.38. The molecular formula is C16H23BrFNO. The van der Waals surface area contributed by atoms with E-state index in [0.717, 1.165) is 18.4 Å². The van der Waals surface area contributed by atoms with Crippen LogP contribution in [0.15, 0.2) is 16.6 Å². The largest absolute Gasteiger partial charge is 0.505 e. The smallest absolute Gasteiger partial charge is 0.166 e. The standard InChI is InChI=1S/C16H23BrFNO/c1-11-2-4-12(5-3-11)6-7-19-10-13-8-14(17)9-15(18)16(13)20/h8-9,11-12,19-20H,2-7,10H2,1H3. The number of benzene rings is 1. The minimum atomic E-state index is -0.572. The van der Waals surface area contributed by atoms with E-state index in [-0.39, 0.29) is 5.75 Å². The number of nitrogens with one attached hydrogen (secondary N) is 1. The lowest BCUT2D eigenvalue weighted by atomic mass is 9.81. The van der Waals surface area contributed by atoms with E-state index >= 15 is 0 Å². The molecule has 1 aliphatic rings. The van der Waals surface area contributed by atoms with Crippen molar-refractivity contribution < 1.29 is 9.50 Å². The van der Waals surface area contributed by atoms with E-state index < -0.39 is 5.82 Å². The van der Waals surface area contributed by atoms with Gasteiger partial charge in [0.05, 0.1) is 0 Å². The van der Waals surface area contributed by atoms with Crippen LogP contribution in [0.3, 0.4) is 0 Å². The molecule has 0 radical (unpaired) electrons. The Morgan fingerprint density at radius 1 is 1.30 bits per heavy atom. The van der Waals surface area contributed by atoms with Gasteiger partial charge in [0.15, 0.2) is 11.6 Å². The third-order valence-corrected chi connectivity index (χ3v) is 4.75. The van der Waals surface area contributed by atoms with Gasteiger partial charge in [0.25, 0.3) is 0 Å². The van der Waals surface area contributed by atoms with E-state index in [1.54, 1.807) is 6.07 Å². The number of hydrogen-bond donors (Lipinski definition) is 2. The Morgan fingerprint density at radius 3 is 2.70 bits per heavy atom. The molecule has 112 valence electrons. The number of aromatic hydroxyl groups is 1. The number of hydrogen-bond acceptors (Lipinski definition) is 2. The van der Waals surface area contributed by atoms with Crippen LogP contribution in [0.25, 0.3) is 0 Å². The van der Waals surface area contributed by atoms with Gasteiger partial charge in [0, 0.05) is 16.6 Å². The molecule has 2 N–H and O–H groups in total. The van der Waals surface area contributed by atoms with Crippen LogP contribution in [0.4, 0.5) is 4.39 Å². The predicted molar refractivity (Wildman–Crippen MR) is 83.2 cm³/mol. The molecule has 0 aromatic heterocycles. The molecule has 0 unspecified atom stereocenters. The first kappa shape index (κ1) is 15.8. The van der Waals surface area contributed by atoms with Crippen LogP contribution in [-0.2, 0) is 6.54 Å². The summed E-state index contributed by atoms with van der Waals surface area (Å²) in [5, 5.41) is 13.0. The second kappa shape index (κ2) is 7.41. The average Bonchev–Trinajstić information content (AvgIpc) is 2.42. The molecule has 2 nitrogen and oxygen atoms in total. The molecule has 2 rings (SSSR count). The molecule has 1 aromatic carbocycles. The van der Waals surface area contributed by atoms with Crippen LogP contribution in [0, 0.1) is 17.7 Å². The van der Waals surface area contributed by atoms with Crippen molar-refractivity contribution in [2.24, 2.45) is 11.8 Å². The minimum Gasteiger partial charge on any atom is -0.505 e. The second-order valence-corrected chi connectivity index (χ2v) is 6.90. The highest BCUT2D eigenvalue weighted by molar-refractivity contribution is 9.10. The zero-order valence-corrected chi connectivity index (χ0v) is 13.5. The number of halogens is 2. The van der Waals surface area contributed by atoms with Crippen molar-refractivity contribution in [1.82, 2.24) is 5.32 Å². The monoisotopic (exact) mass is 343 g/mol. The van der Waals surface area contributed by atoms with Gasteiger partial charge in [0.2, 0.25) is 0 Å². The van der Waals surface area contributed by atoms with E-state index in [0.29, 0.717) is 16.6 Å². The Balaban J connectivity index is 1.73. The van der Waals surface area contributed by atoms with E-state index in [9.17, 15) is 9.50 Å². The zero-order valence-electron chi connectivity index (χ0n) is 12.0. The Morgan fingerprint density at radius 2 is 2.00 bits per heavy atom. The SMILES string of the molecule is CC1CCC(CCNCc2cc(Br)cc(F)c2O)CC1. The Hall–Kier alpha value is -0.610. The molecule has 1 saturated carbocycles. The summed E-state index contributed by atoms with van der Waals surface area (Å²) >= 11 is 3.25. The van der Waals surface area contributed by atoms with Crippen LogP contribution in [0.5, 0.6) is 5.75 Å². The van der Waals surface area contributed by atoms with Gasteiger partial charge in [-0.3, -0.25) is 0 Å². The lowest BCUT2D eigenvalue weighted by Gasteiger charge is -2.26. The molecule has 0 heterocycles. The molecule has 20 heavy (non-hydrogen) atoms. The fraction of sp³-hybridized carbons (Fsp3) is 0.625. The Kier molecular flexibility index (Phi) is 5.85. The first-order valence-corrected chi connectivity index (χ1v) is 8.23. The quantitative estimate of drug-likeness (QED) is 0.765. The maximum absolute atomic E-state index is 13.4. The first-order chi connectivity index (χ1) is 9.56. The first-order valence-electron chi connectivity index (χ1n) is 7.44. The van der Waals surface area contributed by atoms with Crippen LogP contribution in [0.1, 0.15) is 44.6 Å². The summed E-state index contributed by atoms with van der Waals surface area (Å²) in [5.74, 6) is 0.900. The zero-order chi connectivity index (χ0) is 14.5. The predicted octanol–water partition coefficient (Wildman–Crippen LogP) is 4.60. The highest BCUT2D eigenvalue weighted by Gasteiger charge is 2.17. The van der Waals surface area contributed by atoms with Gasteiger partial charge in [-0.25, -0.2) is 4.39 Å². The second-order valence-electron chi connectivity index (χ2n) is 5.99. The molecule has 0 bridgehead atoms. The Bertz CT molecular complexity index is 444. The van der Waals surface area contributed by atoms with Crippen molar-refractivity contribution in [2.75, 3.05) is 6.54 Å². The molecule has 0 atom stereocenters. The van der Waals surface area contributed by atoms with Gasteiger partial charge >= 0.3 is 0 Å². The summed E-state index contributed by atoms with van der Waals surface area (Å²) in [6.07, 6.45) is 6.54. The summed E-state index contributed by atoms with van der Waals surface area (Å²) in [4.78, 5) is 0. The van der Waals surface area contributed by atoms with Gasteiger partial charge in [-0.15, -0.1) is 0 Å². The summed E-state index contributed by atoms with van der Waals surface area (Å²) in [6, 6.07) is 3.04. The fourth-order valence-electron chi connectivity index (χ4n) is 2.90. The third kappa shape index (κ3) is 4.45. The molecule has 4 heteroatoms. The molecule has 0 saturated heterocycles. The van der Waals surface area contributed by atoms with Gasteiger partial charge in [-0.1, -0.05) is 48.5 Å². The number of rotatable bonds is 5. The summed E-state index contributed by atoms with van der Waals surface area (Å²) in [7, 11) is 0. The minimum absolute atomic E-state index is 0.243. The molecule has 1 aromatic rings. The molecule has 0 spiro atoms. The maximum atomic E-state index is 13.4. The Labute approximate surface area is 128 Å². The summed E-state index contributed by atoms with van der Waals surface area (Å²) < 4.78 is 14.0. The van der Waals surface area contributed by atoms with Gasteiger partial charge in [0.1, 0.15) is 0 Å². The van der Waals surface area contributed by atoms with Crippen LogP contribution in [0.2, 0.25) is 0 Å². The van der Waals surface area contributed by atoms with E-state index in [4.69, 9.17) is 0 Å². The third-order valence-electron chi connectivity index (χ3n) is 4.29. The highest BCUT2D eigenvalue weighted by Crippen LogP contribution is 2.30. The molecule has 0 amide bonds. The lowest BCUT2D eigenvalue weighted by Crippen LogP contribution is -2.20. The lowest BCUT2D eigenvalue weighted by molar-refractivity contribution is 0.275. The van der Waals surface area contributed by atoms with Crippen molar-refractivity contribution in [3.63, 3.8) is 0 Å².